The fraction of sp³-hybridized carbons (Fsp3) is 0.350. The van der Waals surface area contributed by atoms with E-state index in [2.05, 4.69) is 41.4 Å². The van der Waals surface area contributed by atoms with E-state index in [0.717, 1.165) is 29.7 Å². The monoisotopic (exact) mass is 301 g/mol. The van der Waals surface area contributed by atoms with Crippen LogP contribution in [0.1, 0.15) is 36.0 Å². The van der Waals surface area contributed by atoms with Crippen molar-refractivity contribution in [3.05, 3.63) is 65.0 Å². The first-order valence-electron chi connectivity index (χ1n) is 8.34. The fourth-order valence-corrected chi connectivity index (χ4v) is 3.77. The number of hydrogen-bond donors (Lipinski definition) is 0. The molecule has 0 aromatic carbocycles. The number of aromatic nitrogens is 1. The second-order valence-electron chi connectivity index (χ2n) is 6.37. The highest BCUT2D eigenvalue weighted by Gasteiger charge is 2.27. The van der Waals surface area contributed by atoms with E-state index in [-0.39, 0.29) is 12.0 Å². The zero-order chi connectivity index (χ0) is 15.6. The van der Waals surface area contributed by atoms with Crippen LogP contribution < -0.4 is 0 Å². The van der Waals surface area contributed by atoms with Crippen molar-refractivity contribution >= 4 is 5.71 Å². The number of fused-ring (bicyclic) bond motifs is 2. The van der Waals surface area contributed by atoms with Gasteiger partial charge in [-0.05, 0) is 42.4 Å². The molecule has 3 heteroatoms. The second-order valence-corrected chi connectivity index (χ2v) is 6.37. The minimum Gasteiger partial charge on any atom is -0.276 e. The molecule has 0 saturated heterocycles. The van der Waals surface area contributed by atoms with Gasteiger partial charge in [-0.2, -0.15) is 5.26 Å². The lowest BCUT2D eigenvalue weighted by atomic mass is 9.83. The molecule has 1 aromatic rings. The van der Waals surface area contributed by atoms with Gasteiger partial charge in [0.1, 0.15) is 0 Å². The van der Waals surface area contributed by atoms with Gasteiger partial charge < -0.3 is 0 Å². The number of dihydropyridines is 1. The van der Waals surface area contributed by atoms with Gasteiger partial charge >= 0.3 is 0 Å². The smallest absolute Gasteiger partial charge is 0.0787 e. The van der Waals surface area contributed by atoms with Crippen LogP contribution in [0.15, 0.2) is 53.3 Å². The molecular formula is C20H19N3. The number of rotatable bonds is 2. The molecule has 4 rings (SSSR count). The molecule has 114 valence electrons. The topological polar surface area (TPSA) is 49.0 Å². The molecule has 1 aliphatic heterocycles. The lowest BCUT2D eigenvalue weighted by molar-refractivity contribution is 0.668. The molecule has 0 spiro atoms. The Labute approximate surface area is 136 Å². The third-order valence-electron chi connectivity index (χ3n) is 4.92. The van der Waals surface area contributed by atoms with Crippen LogP contribution in [0, 0.1) is 17.2 Å². The molecule has 0 amide bonds. The molecule has 1 aromatic heterocycles. The number of allylic oxidation sites excluding steroid dienone is 3. The van der Waals surface area contributed by atoms with Gasteiger partial charge in [0.2, 0.25) is 0 Å². The standard InChI is InChI=1S/C20H19N3/c21-10-9-15-11-14-5-2-4-8-19(14)23-20(15)18-13-22-12-16-6-1-3-7-17(16)18/h2,4-5,8,11-14,19H,1,3,6-7,9H2. The van der Waals surface area contributed by atoms with Gasteiger partial charge in [-0.3, -0.25) is 9.98 Å². The summed E-state index contributed by atoms with van der Waals surface area (Å²) in [7, 11) is 0. The number of nitriles is 1. The molecule has 3 aliphatic rings. The number of nitrogens with zero attached hydrogens (tertiary/aromatic N) is 3. The molecule has 23 heavy (non-hydrogen) atoms. The molecule has 2 heterocycles. The Morgan fingerprint density at radius 3 is 2.91 bits per heavy atom. The Kier molecular flexibility index (Phi) is 3.67. The Morgan fingerprint density at radius 1 is 1.13 bits per heavy atom. The number of hydrogen-bond acceptors (Lipinski definition) is 3. The Morgan fingerprint density at radius 2 is 2.00 bits per heavy atom. The summed E-state index contributed by atoms with van der Waals surface area (Å²) >= 11 is 0. The van der Waals surface area contributed by atoms with Crippen molar-refractivity contribution in [2.24, 2.45) is 10.9 Å². The summed E-state index contributed by atoms with van der Waals surface area (Å²) in [5.41, 5.74) is 5.93. The summed E-state index contributed by atoms with van der Waals surface area (Å²) < 4.78 is 0. The molecule has 2 aliphatic carbocycles. The van der Waals surface area contributed by atoms with Crippen molar-refractivity contribution in [2.45, 2.75) is 38.1 Å². The highest BCUT2D eigenvalue weighted by Crippen LogP contribution is 2.31. The van der Waals surface area contributed by atoms with E-state index in [9.17, 15) is 5.26 Å². The first-order valence-corrected chi connectivity index (χ1v) is 8.34. The Hall–Kier alpha value is -2.47. The van der Waals surface area contributed by atoms with Crippen molar-refractivity contribution in [3.8, 4) is 6.07 Å². The largest absolute Gasteiger partial charge is 0.276 e. The van der Waals surface area contributed by atoms with Gasteiger partial charge in [-0.1, -0.05) is 30.4 Å². The molecule has 0 saturated carbocycles. The van der Waals surface area contributed by atoms with Crippen LogP contribution >= 0.6 is 0 Å². The quantitative estimate of drug-likeness (QED) is 0.836. The molecular weight excluding hydrogens is 282 g/mol. The maximum Gasteiger partial charge on any atom is 0.0787 e. The lowest BCUT2D eigenvalue weighted by Crippen LogP contribution is -2.25. The zero-order valence-corrected chi connectivity index (χ0v) is 13.1. The first-order chi connectivity index (χ1) is 11.4. The van der Waals surface area contributed by atoms with E-state index < -0.39 is 0 Å². The summed E-state index contributed by atoms with van der Waals surface area (Å²) in [5.74, 6) is 0.277. The summed E-state index contributed by atoms with van der Waals surface area (Å²) in [6.07, 6.45) is 19.7. The van der Waals surface area contributed by atoms with E-state index in [0.29, 0.717) is 6.42 Å². The average Bonchev–Trinajstić information content (AvgIpc) is 2.61. The van der Waals surface area contributed by atoms with Crippen molar-refractivity contribution in [2.75, 3.05) is 0 Å². The number of pyridine rings is 1. The van der Waals surface area contributed by atoms with Crippen LogP contribution in [0.3, 0.4) is 0 Å². The summed E-state index contributed by atoms with van der Waals surface area (Å²) in [6.45, 7) is 0. The molecule has 0 fully saturated rings. The van der Waals surface area contributed by atoms with Gasteiger partial charge in [-0.15, -0.1) is 0 Å². The number of aryl methyl sites for hydroxylation is 1. The normalized spacial score (nSPS) is 25.0. The molecule has 2 atom stereocenters. The molecule has 0 N–H and O–H groups in total. The van der Waals surface area contributed by atoms with Crippen molar-refractivity contribution in [1.82, 2.24) is 4.98 Å². The zero-order valence-electron chi connectivity index (χ0n) is 13.1. The maximum atomic E-state index is 9.22. The van der Waals surface area contributed by atoms with Gasteiger partial charge in [0.25, 0.3) is 0 Å². The van der Waals surface area contributed by atoms with Crippen molar-refractivity contribution < 1.29 is 0 Å². The number of aliphatic imine (C=N–C) groups is 1. The third-order valence-corrected chi connectivity index (χ3v) is 4.92. The van der Waals surface area contributed by atoms with Crippen LogP contribution in [0.5, 0.6) is 0 Å². The van der Waals surface area contributed by atoms with Crippen molar-refractivity contribution in [1.29, 1.82) is 5.26 Å². The van der Waals surface area contributed by atoms with Gasteiger partial charge in [0.15, 0.2) is 0 Å². The van der Waals surface area contributed by atoms with Gasteiger partial charge in [0, 0.05) is 23.9 Å². The molecule has 3 nitrogen and oxygen atoms in total. The second kappa shape index (κ2) is 5.96. The predicted octanol–water partition coefficient (Wildman–Crippen LogP) is 3.71. The molecule has 0 bridgehead atoms. The Bertz CT molecular complexity index is 790. The van der Waals surface area contributed by atoms with Gasteiger partial charge in [0.05, 0.1) is 24.2 Å². The third kappa shape index (κ3) is 2.55. The van der Waals surface area contributed by atoms with E-state index >= 15 is 0 Å². The highest BCUT2D eigenvalue weighted by molar-refractivity contribution is 6.14. The van der Waals surface area contributed by atoms with Crippen LogP contribution in [0.25, 0.3) is 0 Å². The summed E-state index contributed by atoms with van der Waals surface area (Å²) in [4.78, 5) is 9.45. The minimum atomic E-state index is 0.150. The summed E-state index contributed by atoms with van der Waals surface area (Å²) in [5, 5.41) is 9.22. The van der Waals surface area contributed by atoms with Crippen LogP contribution in [0.4, 0.5) is 0 Å². The molecule has 0 radical (unpaired) electrons. The predicted molar refractivity (Wildman–Crippen MR) is 91.3 cm³/mol. The van der Waals surface area contributed by atoms with E-state index in [1.165, 1.54) is 24.0 Å². The van der Waals surface area contributed by atoms with Crippen LogP contribution in [0.2, 0.25) is 0 Å². The van der Waals surface area contributed by atoms with E-state index in [1.807, 2.05) is 12.4 Å². The summed E-state index contributed by atoms with van der Waals surface area (Å²) in [6, 6.07) is 2.45. The van der Waals surface area contributed by atoms with Crippen LogP contribution in [-0.2, 0) is 12.8 Å². The Balaban J connectivity index is 1.82. The van der Waals surface area contributed by atoms with E-state index in [4.69, 9.17) is 4.99 Å². The fourth-order valence-electron chi connectivity index (χ4n) is 3.77. The van der Waals surface area contributed by atoms with Crippen LogP contribution in [-0.4, -0.2) is 16.7 Å². The highest BCUT2D eigenvalue weighted by atomic mass is 14.8. The van der Waals surface area contributed by atoms with Gasteiger partial charge in [-0.25, -0.2) is 0 Å². The maximum absolute atomic E-state index is 9.22. The lowest BCUT2D eigenvalue weighted by Gasteiger charge is -2.28. The average molecular weight is 301 g/mol. The SMILES string of the molecule is N#CCC1=CC2C=CC=CC2N=C1c1cncc2c1CCCC2. The first kappa shape index (κ1) is 14.1. The van der Waals surface area contributed by atoms with Crippen molar-refractivity contribution in [3.63, 3.8) is 0 Å². The van der Waals surface area contributed by atoms with E-state index in [1.54, 1.807) is 0 Å². The molecule has 2 unspecified atom stereocenters. The minimum absolute atomic E-state index is 0.150.